The van der Waals surface area contributed by atoms with Gasteiger partial charge in [0.15, 0.2) is 5.78 Å². The normalized spacial score (nSPS) is 28.1. The van der Waals surface area contributed by atoms with Crippen LogP contribution in [0.2, 0.25) is 0 Å². The van der Waals surface area contributed by atoms with Gasteiger partial charge in [0.1, 0.15) is 5.76 Å². The first-order chi connectivity index (χ1) is 7.32. The van der Waals surface area contributed by atoms with Crippen LogP contribution in [-0.2, 0) is 9.53 Å². The third-order valence-electron chi connectivity index (χ3n) is 3.98. The Balaban J connectivity index is 2.02. The molecule has 0 unspecified atom stereocenters. The number of carbonyl (C=O) groups is 1. The molecule has 0 N–H and O–H groups in total. The van der Waals surface area contributed by atoms with E-state index in [4.69, 9.17) is 4.74 Å². The van der Waals surface area contributed by atoms with Crippen LogP contribution in [0.1, 0.15) is 44.9 Å². The summed E-state index contributed by atoms with van der Waals surface area (Å²) in [5.41, 5.74) is 1.07. The molecule has 0 aromatic heterocycles. The molecule has 1 spiro atoms. The zero-order valence-corrected chi connectivity index (χ0v) is 8.92. The SMILES string of the molecule is O=C1CCC2=C1C1(C=CO2)CCCCC1. The maximum Gasteiger partial charge on any atom is 0.163 e. The van der Waals surface area contributed by atoms with Gasteiger partial charge in [-0.15, -0.1) is 0 Å². The van der Waals surface area contributed by atoms with Crippen molar-refractivity contribution in [2.45, 2.75) is 44.9 Å². The number of hydrogen-bond donors (Lipinski definition) is 0. The molecular formula is C13H16O2. The Bertz CT molecular complexity index is 357. The largest absolute Gasteiger partial charge is 0.469 e. The highest BCUT2D eigenvalue weighted by Crippen LogP contribution is 2.50. The van der Waals surface area contributed by atoms with Gasteiger partial charge in [0.05, 0.1) is 6.26 Å². The molecule has 0 saturated heterocycles. The van der Waals surface area contributed by atoms with Crippen molar-refractivity contribution in [3.63, 3.8) is 0 Å². The molecule has 0 radical (unpaired) electrons. The topological polar surface area (TPSA) is 26.3 Å². The van der Waals surface area contributed by atoms with Crippen LogP contribution in [0.4, 0.5) is 0 Å². The summed E-state index contributed by atoms with van der Waals surface area (Å²) in [6.45, 7) is 0. The number of rotatable bonds is 0. The lowest BCUT2D eigenvalue weighted by Gasteiger charge is -2.37. The van der Waals surface area contributed by atoms with Gasteiger partial charge in [-0.25, -0.2) is 0 Å². The lowest BCUT2D eigenvalue weighted by Crippen LogP contribution is -2.29. The summed E-state index contributed by atoms with van der Waals surface area (Å²) in [5, 5.41) is 0. The molecule has 3 aliphatic rings. The second-order valence-corrected chi connectivity index (χ2v) is 4.86. The molecule has 0 aromatic rings. The molecule has 3 rings (SSSR count). The smallest absolute Gasteiger partial charge is 0.163 e. The molecule has 80 valence electrons. The van der Waals surface area contributed by atoms with Crippen LogP contribution in [0.3, 0.4) is 0 Å². The summed E-state index contributed by atoms with van der Waals surface area (Å²) in [4.78, 5) is 11.9. The van der Waals surface area contributed by atoms with E-state index in [0.29, 0.717) is 12.2 Å². The van der Waals surface area contributed by atoms with Gasteiger partial charge in [-0.05, 0) is 18.9 Å². The van der Waals surface area contributed by atoms with Crippen LogP contribution in [0.5, 0.6) is 0 Å². The molecule has 1 saturated carbocycles. The second-order valence-electron chi connectivity index (χ2n) is 4.86. The third kappa shape index (κ3) is 1.27. The lowest BCUT2D eigenvalue weighted by atomic mass is 9.68. The highest BCUT2D eigenvalue weighted by molar-refractivity contribution is 6.00. The Morgan fingerprint density at radius 2 is 1.93 bits per heavy atom. The maximum atomic E-state index is 11.9. The van der Waals surface area contributed by atoms with E-state index in [1.165, 1.54) is 19.3 Å². The highest BCUT2D eigenvalue weighted by Gasteiger charge is 2.43. The van der Waals surface area contributed by atoms with Crippen LogP contribution in [0, 0.1) is 5.41 Å². The molecule has 15 heavy (non-hydrogen) atoms. The van der Waals surface area contributed by atoms with Crippen LogP contribution in [0.25, 0.3) is 0 Å². The molecule has 1 heterocycles. The van der Waals surface area contributed by atoms with E-state index in [-0.39, 0.29) is 5.41 Å². The minimum atomic E-state index is 0.0550. The summed E-state index contributed by atoms with van der Waals surface area (Å²) in [6, 6.07) is 0. The molecule has 0 bridgehead atoms. The van der Waals surface area contributed by atoms with Crippen LogP contribution in [0.15, 0.2) is 23.7 Å². The highest BCUT2D eigenvalue weighted by atomic mass is 16.5. The molecule has 2 aliphatic carbocycles. The predicted octanol–water partition coefficient (Wildman–Crippen LogP) is 3.10. The van der Waals surface area contributed by atoms with Crippen molar-refractivity contribution in [1.29, 1.82) is 0 Å². The number of ketones is 1. The Morgan fingerprint density at radius 1 is 1.13 bits per heavy atom. The molecule has 0 amide bonds. The van der Waals surface area contributed by atoms with Gasteiger partial charge < -0.3 is 4.74 Å². The predicted molar refractivity (Wildman–Crippen MR) is 57.0 cm³/mol. The molecule has 1 fully saturated rings. The van der Waals surface area contributed by atoms with Gasteiger partial charge in [-0.3, -0.25) is 4.79 Å². The van der Waals surface area contributed by atoms with Gasteiger partial charge in [0, 0.05) is 23.8 Å². The molecule has 0 atom stereocenters. The Morgan fingerprint density at radius 3 is 2.73 bits per heavy atom. The standard InChI is InChI=1S/C13H16O2/c14-10-4-5-11-12(10)13(8-9-15-11)6-2-1-3-7-13/h8-9H,1-7H2. The molecular weight excluding hydrogens is 188 g/mol. The van der Waals surface area contributed by atoms with E-state index < -0.39 is 0 Å². The zero-order valence-electron chi connectivity index (χ0n) is 8.92. The van der Waals surface area contributed by atoms with Crippen molar-refractivity contribution < 1.29 is 9.53 Å². The number of fused-ring (bicyclic) bond motifs is 1. The summed E-state index contributed by atoms with van der Waals surface area (Å²) < 4.78 is 5.48. The van der Waals surface area contributed by atoms with E-state index in [9.17, 15) is 4.79 Å². The fourth-order valence-electron chi connectivity index (χ4n) is 3.23. The van der Waals surface area contributed by atoms with Gasteiger partial charge in [0.25, 0.3) is 0 Å². The maximum absolute atomic E-state index is 11.9. The summed E-state index contributed by atoms with van der Waals surface area (Å²) >= 11 is 0. The Kier molecular flexibility index (Phi) is 1.98. The summed E-state index contributed by atoms with van der Waals surface area (Å²) in [6.07, 6.45) is 11.5. The van der Waals surface area contributed by atoms with E-state index in [1.54, 1.807) is 0 Å². The molecule has 0 aromatic carbocycles. The van der Waals surface area contributed by atoms with E-state index in [1.807, 2.05) is 6.26 Å². The fraction of sp³-hybridized carbons (Fsp3) is 0.615. The first-order valence-corrected chi connectivity index (χ1v) is 5.93. The molecule has 2 nitrogen and oxygen atoms in total. The fourth-order valence-corrected chi connectivity index (χ4v) is 3.23. The number of hydrogen-bond acceptors (Lipinski definition) is 2. The number of Topliss-reactive ketones (excluding diaryl/α,β-unsaturated/α-hetero) is 1. The van der Waals surface area contributed by atoms with Gasteiger partial charge in [-0.2, -0.15) is 0 Å². The van der Waals surface area contributed by atoms with E-state index >= 15 is 0 Å². The average Bonchev–Trinajstić information content (AvgIpc) is 2.63. The van der Waals surface area contributed by atoms with Crippen LogP contribution >= 0.6 is 0 Å². The Labute approximate surface area is 90.0 Å². The number of carbonyl (C=O) groups excluding carboxylic acids is 1. The van der Waals surface area contributed by atoms with Crippen molar-refractivity contribution in [2.75, 3.05) is 0 Å². The van der Waals surface area contributed by atoms with Crippen molar-refractivity contribution in [1.82, 2.24) is 0 Å². The molecule has 1 aliphatic heterocycles. The van der Waals surface area contributed by atoms with Crippen molar-refractivity contribution >= 4 is 5.78 Å². The average molecular weight is 204 g/mol. The van der Waals surface area contributed by atoms with Crippen molar-refractivity contribution in [3.8, 4) is 0 Å². The second kappa shape index (κ2) is 3.22. The number of allylic oxidation sites excluding steroid dienone is 3. The van der Waals surface area contributed by atoms with Crippen LogP contribution in [-0.4, -0.2) is 5.78 Å². The molecule has 2 heteroatoms. The number of ether oxygens (including phenoxy) is 1. The van der Waals surface area contributed by atoms with Gasteiger partial charge >= 0.3 is 0 Å². The van der Waals surface area contributed by atoms with Crippen molar-refractivity contribution in [3.05, 3.63) is 23.7 Å². The van der Waals surface area contributed by atoms with Gasteiger partial charge in [0.2, 0.25) is 0 Å². The monoisotopic (exact) mass is 204 g/mol. The van der Waals surface area contributed by atoms with E-state index in [2.05, 4.69) is 6.08 Å². The summed E-state index contributed by atoms with van der Waals surface area (Å²) in [7, 11) is 0. The van der Waals surface area contributed by atoms with Gasteiger partial charge in [-0.1, -0.05) is 19.3 Å². The lowest BCUT2D eigenvalue weighted by molar-refractivity contribution is -0.115. The van der Waals surface area contributed by atoms with Crippen LogP contribution < -0.4 is 0 Å². The first kappa shape index (κ1) is 9.20. The minimum absolute atomic E-state index is 0.0550. The third-order valence-corrected chi connectivity index (χ3v) is 3.98. The summed E-state index contributed by atoms with van der Waals surface area (Å²) in [5.74, 6) is 1.29. The minimum Gasteiger partial charge on any atom is -0.469 e. The van der Waals surface area contributed by atoms with E-state index in [0.717, 1.165) is 30.6 Å². The first-order valence-electron chi connectivity index (χ1n) is 5.93. The Hall–Kier alpha value is -1.05. The zero-order chi connectivity index (χ0) is 10.3. The van der Waals surface area contributed by atoms with Crippen molar-refractivity contribution in [2.24, 2.45) is 5.41 Å². The quantitative estimate of drug-likeness (QED) is 0.606.